The van der Waals surface area contributed by atoms with Gasteiger partial charge in [0.25, 0.3) is 0 Å². The van der Waals surface area contributed by atoms with Gasteiger partial charge in [-0.3, -0.25) is 0 Å². The van der Waals surface area contributed by atoms with Crippen LogP contribution in [0.2, 0.25) is 0 Å². The molecule has 2 amide bonds. The summed E-state index contributed by atoms with van der Waals surface area (Å²) in [7, 11) is 0. The van der Waals surface area contributed by atoms with E-state index in [2.05, 4.69) is 72.0 Å². The number of carbonyl (C=O) groups is 1. The minimum atomic E-state index is -0.390. The number of carbonyl (C=O) groups excluding carboxylic acids is 1. The van der Waals surface area contributed by atoms with Crippen molar-refractivity contribution >= 4 is 34.3 Å². The Balaban J connectivity index is 1.30. The fourth-order valence-electron chi connectivity index (χ4n) is 4.64. The summed E-state index contributed by atoms with van der Waals surface area (Å²) in [5.41, 5.74) is 8.43. The van der Waals surface area contributed by atoms with Gasteiger partial charge in [0.15, 0.2) is 11.0 Å². The molecule has 0 radical (unpaired) electrons. The molecule has 1 aliphatic heterocycles. The molecule has 37 heavy (non-hydrogen) atoms. The molecule has 188 valence electrons. The van der Waals surface area contributed by atoms with Gasteiger partial charge in [-0.15, -0.1) is 5.10 Å². The normalized spacial score (nSPS) is 16.4. The minimum Gasteiger partial charge on any atom is -0.317 e. The maximum atomic E-state index is 12.8. The number of nitrogens with zero attached hydrogens (tertiary/aromatic N) is 5. The third kappa shape index (κ3) is 5.29. The lowest BCUT2D eigenvalue weighted by molar-refractivity contribution is 0.259. The third-order valence-corrected chi connectivity index (χ3v) is 7.55. The number of benzene rings is 3. The molecule has 1 N–H and O–H groups in total. The third-order valence-electron chi connectivity index (χ3n) is 6.36. The number of amidine groups is 1. The van der Waals surface area contributed by atoms with E-state index in [4.69, 9.17) is 0 Å². The number of aromatic nitrogens is 3. The Morgan fingerprint density at radius 1 is 0.973 bits per heavy atom. The van der Waals surface area contributed by atoms with Crippen molar-refractivity contribution in [3.05, 3.63) is 89.2 Å². The van der Waals surface area contributed by atoms with Crippen LogP contribution in [0.25, 0.3) is 17.1 Å². The van der Waals surface area contributed by atoms with Crippen molar-refractivity contribution in [3.8, 4) is 17.1 Å². The summed E-state index contributed by atoms with van der Waals surface area (Å²) < 4.78 is 1.75. The largest absolute Gasteiger partial charge is 0.347 e. The Kier molecular flexibility index (Phi) is 6.84. The van der Waals surface area contributed by atoms with Gasteiger partial charge in [-0.25, -0.2) is 14.5 Å². The maximum absolute atomic E-state index is 12.8. The number of aryl methyl sites for hydroxylation is 4. The Labute approximate surface area is 221 Å². The lowest BCUT2D eigenvalue weighted by atomic mass is 10.0. The SMILES string of the molecule is Cc1ccc(-n2cnc(-c3ccc(NC(=O)/N=C4\SCC(C)N4c4c(C)cc(C)cc4C)cc3)n2)cc1. The monoisotopic (exact) mass is 510 g/mol. The Morgan fingerprint density at radius 2 is 1.65 bits per heavy atom. The predicted molar refractivity (Wildman–Crippen MR) is 153 cm³/mol. The lowest BCUT2D eigenvalue weighted by Gasteiger charge is -2.27. The second-order valence-electron chi connectivity index (χ2n) is 9.53. The Hall–Kier alpha value is -3.91. The van der Waals surface area contributed by atoms with Crippen LogP contribution >= 0.6 is 11.8 Å². The number of aliphatic imine (C=N–C) groups is 1. The van der Waals surface area contributed by atoms with E-state index in [1.807, 2.05) is 48.5 Å². The molecule has 0 spiro atoms. The molecule has 4 aromatic rings. The van der Waals surface area contributed by atoms with Crippen LogP contribution in [-0.4, -0.2) is 37.8 Å². The molecular weight excluding hydrogens is 480 g/mol. The number of thioether (sulfide) groups is 1. The van der Waals surface area contributed by atoms with Crippen molar-refractivity contribution in [2.75, 3.05) is 16.0 Å². The quantitative estimate of drug-likeness (QED) is 0.331. The first-order valence-electron chi connectivity index (χ1n) is 12.3. The van der Waals surface area contributed by atoms with E-state index >= 15 is 0 Å². The van der Waals surface area contributed by atoms with E-state index in [0.29, 0.717) is 11.5 Å². The number of hydrogen-bond donors (Lipinski definition) is 1. The van der Waals surface area contributed by atoms with Crippen molar-refractivity contribution in [3.63, 3.8) is 0 Å². The van der Waals surface area contributed by atoms with Crippen LogP contribution in [0.1, 0.15) is 29.2 Å². The van der Waals surface area contributed by atoms with Crippen molar-refractivity contribution in [2.45, 2.75) is 40.7 Å². The van der Waals surface area contributed by atoms with E-state index in [-0.39, 0.29) is 6.04 Å². The van der Waals surface area contributed by atoms with Crippen LogP contribution in [0, 0.1) is 27.7 Å². The van der Waals surface area contributed by atoms with Gasteiger partial charge in [-0.2, -0.15) is 4.99 Å². The first kappa shape index (κ1) is 24.8. The smallest absolute Gasteiger partial charge is 0.317 e. The van der Waals surface area contributed by atoms with Gasteiger partial charge in [0.05, 0.1) is 5.69 Å². The molecule has 0 aliphatic carbocycles. The fourth-order valence-corrected chi connectivity index (χ4v) is 5.74. The topological polar surface area (TPSA) is 75.4 Å². The summed E-state index contributed by atoms with van der Waals surface area (Å²) >= 11 is 1.61. The summed E-state index contributed by atoms with van der Waals surface area (Å²) in [6.07, 6.45) is 1.70. The van der Waals surface area contributed by atoms with Gasteiger partial charge >= 0.3 is 6.03 Å². The molecule has 0 bridgehead atoms. The van der Waals surface area contributed by atoms with Gasteiger partial charge in [-0.1, -0.05) is 47.2 Å². The number of amides is 2. The zero-order chi connectivity index (χ0) is 26.1. The zero-order valence-corrected chi connectivity index (χ0v) is 22.5. The molecule has 1 fully saturated rings. The Bertz CT molecular complexity index is 1450. The summed E-state index contributed by atoms with van der Waals surface area (Å²) in [5.74, 6) is 1.50. The minimum absolute atomic E-state index is 0.253. The number of hydrogen-bond acceptors (Lipinski definition) is 4. The number of rotatable bonds is 4. The summed E-state index contributed by atoms with van der Waals surface area (Å²) in [6.45, 7) is 10.5. The highest BCUT2D eigenvalue weighted by Crippen LogP contribution is 2.35. The molecular formula is C29H30N6OS. The molecule has 1 unspecified atom stereocenters. The first-order chi connectivity index (χ1) is 17.8. The number of nitrogens with one attached hydrogen (secondary N) is 1. The second-order valence-corrected chi connectivity index (χ2v) is 10.5. The molecule has 1 atom stereocenters. The zero-order valence-electron chi connectivity index (χ0n) is 21.7. The van der Waals surface area contributed by atoms with Crippen LogP contribution in [-0.2, 0) is 0 Å². The molecule has 5 rings (SSSR count). The van der Waals surface area contributed by atoms with Crippen molar-refractivity contribution in [1.29, 1.82) is 0 Å². The van der Waals surface area contributed by atoms with Crippen LogP contribution in [0.15, 0.2) is 72.0 Å². The molecule has 1 saturated heterocycles. The fraction of sp³-hybridized carbons (Fsp3) is 0.241. The highest BCUT2D eigenvalue weighted by atomic mass is 32.2. The Morgan fingerprint density at radius 3 is 2.32 bits per heavy atom. The highest BCUT2D eigenvalue weighted by Gasteiger charge is 2.31. The van der Waals surface area contributed by atoms with Gasteiger partial charge in [0, 0.05) is 28.7 Å². The molecule has 3 aromatic carbocycles. The summed E-state index contributed by atoms with van der Waals surface area (Å²) in [4.78, 5) is 23.9. The summed E-state index contributed by atoms with van der Waals surface area (Å²) in [5, 5.41) is 8.21. The molecule has 0 saturated carbocycles. The van der Waals surface area contributed by atoms with Gasteiger partial charge in [0.1, 0.15) is 6.33 Å². The maximum Gasteiger partial charge on any atom is 0.347 e. The van der Waals surface area contributed by atoms with E-state index < -0.39 is 6.03 Å². The second kappa shape index (κ2) is 10.2. The number of anilines is 2. The van der Waals surface area contributed by atoms with Crippen molar-refractivity contribution < 1.29 is 4.79 Å². The average molecular weight is 511 g/mol. The predicted octanol–water partition coefficient (Wildman–Crippen LogP) is 6.70. The van der Waals surface area contributed by atoms with Gasteiger partial charge < -0.3 is 10.2 Å². The average Bonchev–Trinajstić information content (AvgIpc) is 3.48. The number of urea groups is 1. The lowest BCUT2D eigenvalue weighted by Crippen LogP contribution is -2.33. The van der Waals surface area contributed by atoms with E-state index in [0.717, 1.165) is 27.9 Å². The molecule has 2 heterocycles. The van der Waals surface area contributed by atoms with Crippen LogP contribution < -0.4 is 10.2 Å². The molecule has 1 aromatic heterocycles. The van der Waals surface area contributed by atoms with Crippen LogP contribution in [0.5, 0.6) is 0 Å². The van der Waals surface area contributed by atoms with Crippen LogP contribution in [0.3, 0.4) is 0 Å². The molecule has 7 nitrogen and oxygen atoms in total. The van der Waals surface area contributed by atoms with Gasteiger partial charge in [0.2, 0.25) is 0 Å². The van der Waals surface area contributed by atoms with Gasteiger partial charge in [-0.05, 0) is 82.1 Å². The molecule has 8 heteroatoms. The van der Waals surface area contributed by atoms with Crippen molar-refractivity contribution in [1.82, 2.24) is 14.8 Å². The van der Waals surface area contributed by atoms with E-state index in [9.17, 15) is 4.79 Å². The van der Waals surface area contributed by atoms with E-state index in [1.165, 1.54) is 22.3 Å². The van der Waals surface area contributed by atoms with Crippen molar-refractivity contribution in [2.24, 2.45) is 4.99 Å². The van der Waals surface area contributed by atoms with E-state index in [1.54, 1.807) is 22.8 Å². The van der Waals surface area contributed by atoms with Crippen LogP contribution in [0.4, 0.5) is 16.2 Å². The standard InChI is InChI=1S/C29H30N6OS/c1-18-6-12-25(13-7-18)34-17-30-27(33-34)23-8-10-24(11-9-23)31-28(36)32-29-35(22(5)16-37-29)26-20(3)14-19(2)15-21(26)4/h6-15,17,22H,16H2,1-5H3,(H,31,36)/b32-29-. The summed E-state index contributed by atoms with van der Waals surface area (Å²) in [6, 6.07) is 19.8. The first-order valence-corrected chi connectivity index (χ1v) is 13.3. The highest BCUT2D eigenvalue weighted by molar-refractivity contribution is 8.14. The molecule has 1 aliphatic rings.